The van der Waals surface area contributed by atoms with Crippen molar-refractivity contribution in [3.8, 4) is 0 Å². The third-order valence-corrected chi connectivity index (χ3v) is 4.32. The van der Waals surface area contributed by atoms with Crippen molar-refractivity contribution in [3.63, 3.8) is 0 Å². The number of rotatable bonds is 9. The largest absolute Gasteiger partial charge is 0.452 e. The van der Waals surface area contributed by atoms with Gasteiger partial charge in [-0.25, -0.2) is 4.79 Å². The molecule has 1 amide bonds. The fourth-order valence-electron chi connectivity index (χ4n) is 2.05. The van der Waals surface area contributed by atoms with Crippen LogP contribution in [0.2, 0.25) is 0 Å². The third-order valence-electron chi connectivity index (χ3n) is 3.38. The van der Waals surface area contributed by atoms with E-state index in [2.05, 4.69) is 5.32 Å². The molecular weight excluding hydrogens is 338 g/mol. The highest BCUT2D eigenvalue weighted by Gasteiger charge is 2.10. The Balaban J connectivity index is 1.69. The average molecular weight is 361 g/mol. The molecule has 0 unspecified atom stereocenters. The first kappa shape index (κ1) is 19.1. The summed E-state index contributed by atoms with van der Waals surface area (Å²) in [7, 11) is 0. The molecule has 0 aliphatic rings. The van der Waals surface area contributed by atoms with Gasteiger partial charge in [0.25, 0.3) is 5.91 Å². The zero-order chi connectivity index (χ0) is 18.1. The number of nitrogens with one attached hydrogen (secondary N) is 1. The molecule has 1 aromatic carbocycles. The second-order valence-corrected chi connectivity index (χ2v) is 6.84. The lowest BCUT2D eigenvalue weighted by molar-refractivity contribution is -0.124. The van der Waals surface area contributed by atoms with Crippen molar-refractivity contribution in [1.82, 2.24) is 5.32 Å². The Labute approximate surface area is 152 Å². The summed E-state index contributed by atoms with van der Waals surface area (Å²) in [6.07, 6.45) is 0.931. The zero-order valence-electron chi connectivity index (χ0n) is 14.5. The normalized spacial score (nSPS) is 10.7. The van der Waals surface area contributed by atoms with Crippen molar-refractivity contribution in [2.24, 2.45) is 0 Å². The van der Waals surface area contributed by atoms with Gasteiger partial charge in [-0.15, -0.1) is 11.3 Å². The second kappa shape index (κ2) is 9.96. The molecule has 134 valence electrons. The van der Waals surface area contributed by atoms with Crippen LogP contribution in [0.5, 0.6) is 0 Å². The maximum absolute atomic E-state index is 12.0. The summed E-state index contributed by atoms with van der Waals surface area (Å²) in [6, 6.07) is 11.0. The smallest absolute Gasteiger partial charge is 0.338 e. The lowest BCUT2D eigenvalue weighted by atomic mass is 10.1. The number of hydrogen-bond acceptors (Lipinski definition) is 5. The Morgan fingerprint density at radius 2 is 1.92 bits per heavy atom. The number of ether oxygens (including phenoxy) is 2. The molecule has 6 heteroatoms. The highest BCUT2D eigenvalue weighted by Crippen LogP contribution is 2.09. The van der Waals surface area contributed by atoms with Gasteiger partial charge in [-0.2, -0.15) is 0 Å². The molecule has 0 spiro atoms. The van der Waals surface area contributed by atoms with Crippen LogP contribution in [-0.2, 0) is 27.3 Å². The predicted octanol–water partition coefficient (Wildman–Crippen LogP) is 3.19. The van der Waals surface area contributed by atoms with Crippen LogP contribution in [0, 0.1) is 0 Å². The summed E-state index contributed by atoms with van der Waals surface area (Å²) in [5.41, 5.74) is 1.40. The SMILES string of the molecule is CC(C)OCc1ccc(C(=O)OCC(=O)NCCc2cccs2)cc1. The van der Waals surface area contributed by atoms with Crippen LogP contribution in [0.25, 0.3) is 0 Å². The van der Waals surface area contributed by atoms with Crippen LogP contribution in [0.4, 0.5) is 0 Å². The van der Waals surface area contributed by atoms with E-state index in [9.17, 15) is 9.59 Å². The van der Waals surface area contributed by atoms with E-state index in [1.807, 2.05) is 43.5 Å². The van der Waals surface area contributed by atoms with Crippen LogP contribution in [0.3, 0.4) is 0 Å². The molecule has 0 bridgehead atoms. The van der Waals surface area contributed by atoms with E-state index in [-0.39, 0.29) is 18.6 Å². The Morgan fingerprint density at radius 1 is 1.16 bits per heavy atom. The van der Waals surface area contributed by atoms with Crippen molar-refractivity contribution in [3.05, 3.63) is 57.8 Å². The minimum Gasteiger partial charge on any atom is -0.452 e. The maximum Gasteiger partial charge on any atom is 0.338 e. The van der Waals surface area contributed by atoms with E-state index in [0.717, 1.165) is 12.0 Å². The quantitative estimate of drug-likeness (QED) is 0.697. The van der Waals surface area contributed by atoms with Crippen molar-refractivity contribution in [2.45, 2.75) is 33.0 Å². The highest BCUT2D eigenvalue weighted by atomic mass is 32.1. The van der Waals surface area contributed by atoms with E-state index >= 15 is 0 Å². The van der Waals surface area contributed by atoms with E-state index in [1.165, 1.54) is 4.88 Å². The summed E-state index contributed by atoms with van der Waals surface area (Å²) in [5, 5.41) is 4.74. The lowest BCUT2D eigenvalue weighted by Gasteiger charge is -2.08. The first-order chi connectivity index (χ1) is 12.0. The van der Waals surface area contributed by atoms with Gasteiger partial charge in [0.1, 0.15) is 0 Å². The summed E-state index contributed by atoms with van der Waals surface area (Å²) in [4.78, 5) is 24.9. The van der Waals surface area contributed by atoms with Crippen molar-refractivity contribution >= 4 is 23.2 Å². The molecule has 1 heterocycles. The number of carbonyl (C=O) groups excluding carboxylic acids is 2. The van der Waals surface area contributed by atoms with Gasteiger partial charge in [0.05, 0.1) is 18.3 Å². The molecule has 0 fully saturated rings. The number of carbonyl (C=O) groups is 2. The summed E-state index contributed by atoms with van der Waals surface area (Å²) >= 11 is 1.65. The van der Waals surface area contributed by atoms with Crippen molar-refractivity contribution in [2.75, 3.05) is 13.2 Å². The zero-order valence-corrected chi connectivity index (χ0v) is 15.3. The standard InChI is InChI=1S/C19H23NO4S/c1-14(2)23-12-15-5-7-16(8-6-15)19(22)24-13-18(21)20-10-9-17-4-3-11-25-17/h3-8,11,14H,9-10,12-13H2,1-2H3,(H,20,21). The van der Waals surface area contributed by atoms with Crippen LogP contribution in [0.15, 0.2) is 41.8 Å². The van der Waals surface area contributed by atoms with E-state index < -0.39 is 5.97 Å². The molecule has 5 nitrogen and oxygen atoms in total. The molecule has 2 rings (SSSR count). The molecule has 0 saturated carbocycles. The molecule has 0 aliphatic heterocycles. The van der Waals surface area contributed by atoms with Crippen LogP contribution in [0.1, 0.15) is 34.6 Å². The van der Waals surface area contributed by atoms with Gasteiger partial charge >= 0.3 is 5.97 Å². The Hall–Kier alpha value is -2.18. The minimum atomic E-state index is -0.510. The lowest BCUT2D eigenvalue weighted by Crippen LogP contribution is -2.30. The van der Waals surface area contributed by atoms with Gasteiger partial charge in [-0.05, 0) is 49.4 Å². The summed E-state index contributed by atoms with van der Waals surface area (Å²) in [6.45, 7) is 4.69. The average Bonchev–Trinajstić information content (AvgIpc) is 3.11. The van der Waals surface area contributed by atoms with Gasteiger partial charge in [-0.3, -0.25) is 4.79 Å². The maximum atomic E-state index is 12.0. The van der Waals surface area contributed by atoms with Gasteiger partial charge in [0.2, 0.25) is 0 Å². The minimum absolute atomic E-state index is 0.156. The Bertz CT molecular complexity index is 665. The van der Waals surface area contributed by atoms with Crippen LogP contribution < -0.4 is 5.32 Å². The third kappa shape index (κ3) is 7.07. The van der Waals surface area contributed by atoms with Crippen molar-refractivity contribution in [1.29, 1.82) is 0 Å². The number of esters is 1. The molecule has 2 aromatic rings. The molecule has 0 saturated heterocycles. The van der Waals surface area contributed by atoms with E-state index in [4.69, 9.17) is 9.47 Å². The number of amides is 1. The molecular formula is C19H23NO4S. The number of benzene rings is 1. The highest BCUT2D eigenvalue weighted by molar-refractivity contribution is 7.09. The molecule has 0 aliphatic carbocycles. The summed E-state index contributed by atoms with van der Waals surface area (Å²) in [5.74, 6) is -0.809. The van der Waals surface area contributed by atoms with Crippen molar-refractivity contribution < 1.29 is 19.1 Å². The molecule has 1 aromatic heterocycles. The molecule has 25 heavy (non-hydrogen) atoms. The first-order valence-corrected chi connectivity index (χ1v) is 9.09. The fourth-order valence-corrected chi connectivity index (χ4v) is 2.75. The Morgan fingerprint density at radius 3 is 2.56 bits per heavy atom. The molecule has 1 N–H and O–H groups in total. The number of thiophene rings is 1. The monoisotopic (exact) mass is 361 g/mol. The first-order valence-electron chi connectivity index (χ1n) is 8.21. The molecule has 0 radical (unpaired) electrons. The van der Waals surface area contributed by atoms with E-state index in [1.54, 1.807) is 23.5 Å². The van der Waals surface area contributed by atoms with Gasteiger partial charge in [0.15, 0.2) is 6.61 Å². The number of hydrogen-bond donors (Lipinski definition) is 1. The van der Waals surface area contributed by atoms with E-state index in [0.29, 0.717) is 18.7 Å². The second-order valence-electron chi connectivity index (χ2n) is 5.81. The topological polar surface area (TPSA) is 64.6 Å². The molecule has 0 atom stereocenters. The fraction of sp³-hybridized carbons (Fsp3) is 0.368. The Kier molecular flexibility index (Phi) is 7.63. The predicted molar refractivity (Wildman–Crippen MR) is 97.7 cm³/mol. The van der Waals surface area contributed by atoms with Gasteiger partial charge < -0.3 is 14.8 Å². The van der Waals surface area contributed by atoms with Crippen LogP contribution >= 0.6 is 11.3 Å². The van der Waals surface area contributed by atoms with Gasteiger partial charge in [0, 0.05) is 11.4 Å². The summed E-state index contributed by atoms with van der Waals surface area (Å²) < 4.78 is 10.5. The van der Waals surface area contributed by atoms with Crippen LogP contribution in [-0.4, -0.2) is 31.1 Å². The van der Waals surface area contributed by atoms with Gasteiger partial charge in [-0.1, -0.05) is 18.2 Å².